The summed E-state index contributed by atoms with van der Waals surface area (Å²) in [4.78, 5) is 12.2. The molecule has 0 heterocycles. The molecule has 0 unspecified atom stereocenters. The lowest BCUT2D eigenvalue weighted by molar-refractivity contribution is -0.117. The van der Waals surface area contributed by atoms with Gasteiger partial charge in [0.1, 0.15) is 6.04 Å². The Morgan fingerprint density at radius 2 is 1.80 bits per heavy atom. The van der Waals surface area contributed by atoms with Gasteiger partial charge in [0.15, 0.2) is 0 Å². The van der Waals surface area contributed by atoms with Crippen molar-refractivity contribution in [1.29, 1.82) is 0 Å². The molecule has 3 nitrogen and oxygen atoms in total. The second kappa shape index (κ2) is 5.47. The normalized spacial score (nSPS) is 14.7. The van der Waals surface area contributed by atoms with E-state index in [4.69, 9.17) is 5.73 Å². The number of anilines is 1. The second-order valence-corrected chi connectivity index (χ2v) is 5.21. The van der Waals surface area contributed by atoms with Crippen LogP contribution in [0.4, 0.5) is 5.69 Å². The second-order valence-electron chi connectivity index (χ2n) is 5.21. The molecule has 0 saturated heterocycles. The van der Waals surface area contributed by atoms with Crippen molar-refractivity contribution in [3.05, 3.63) is 65.2 Å². The van der Waals surface area contributed by atoms with E-state index in [2.05, 4.69) is 17.4 Å². The van der Waals surface area contributed by atoms with Gasteiger partial charge in [-0.1, -0.05) is 36.4 Å². The molecule has 3 rings (SSSR count). The number of carbonyl (C=O) groups is 1. The first-order valence-electron chi connectivity index (χ1n) is 6.97. The molecule has 1 atom stereocenters. The summed E-state index contributed by atoms with van der Waals surface area (Å²) in [5, 5.41) is 2.91. The predicted octanol–water partition coefficient (Wildman–Crippen LogP) is 2.81. The quantitative estimate of drug-likeness (QED) is 0.897. The lowest BCUT2D eigenvalue weighted by atomic mass is 10.1. The molecular formula is C17H18N2O. The van der Waals surface area contributed by atoms with Crippen LogP contribution in [-0.4, -0.2) is 5.91 Å². The van der Waals surface area contributed by atoms with E-state index in [0.29, 0.717) is 0 Å². The van der Waals surface area contributed by atoms with Crippen LogP contribution in [0.15, 0.2) is 48.5 Å². The van der Waals surface area contributed by atoms with Gasteiger partial charge in [0.05, 0.1) is 0 Å². The molecule has 20 heavy (non-hydrogen) atoms. The largest absolute Gasteiger partial charge is 0.324 e. The van der Waals surface area contributed by atoms with Gasteiger partial charge in [0.2, 0.25) is 5.91 Å². The summed E-state index contributed by atoms with van der Waals surface area (Å²) in [5.41, 5.74) is 10.4. The van der Waals surface area contributed by atoms with Crippen LogP contribution in [0.5, 0.6) is 0 Å². The van der Waals surface area contributed by atoms with Crippen LogP contribution in [0.2, 0.25) is 0 Å². The van der Waals surface area contributed by atoms with Crippen LogP contribution in [0.3, 0.4) is 0 Å². The van der Waals surface area contributed by atoms with Gasteiger partial charge < -0.3 is 11.1 Å². The first kappa shape index (κ1) is 12.9. The molecule has 102 valence electrons. The van der Waals surface area contributed by atoms with Crippen molar-refractivity contribution in [3.63, 3.8) is 0 Å². The lowest BCUT2D eigenvalue weighted by Gasteiger charge is -2.13. The highest BCUT2D eigenvalue weighted by atomic mass is 16.2. The molecule has 0 spiro atoms. The van der Waals surface area contributed by atoms with Gasteiger partial charge in [-0.2, -0.15) is 0 Å². The Morgan fingerprint density at radius 3 is 2.60 bits per heavy atom. The zero-order valence-electron chi connectivity index (χ0n) is 11.3. The molecular weight excluding hydrogens is 248 g/mol. The van der Waals surface area contributed by atoms with Crippen molar-refractivity contribution < 1.29 is 4.79 Å². The number of nitrogens with two attached hydrogens (primary N) is 1. The monoisotopic (exact) mass is 266 g/mol. The van der Waals surface area contributed by atoms with Crippen LogP contribution in [-0.2, 0) is 17.6 Å². The van der Waals surface area contributed by atoms with Gasteiger partial charge in [-0.15, -0.1) is 0 Å². The summed E-state index contributed by atoms with van der Waals surface area (Å²) in [6, 6.07) is 14.9. The van der Waals surface area contributed by atoms with Crippen LogP contribution >= 0.6 is 0 Å². The molecule has 0 fully saturated rings. The fourth-order valence-corrected chi connectivity index (χ4v) is 2.68. The maximum absolute atomic E-state index is 12.2. The van der Waals surface area contributed by atoms with Crippen LogP contribution in [0.25, 0.3) is 0 Å². The van der Waals surface area contributed by atoms with Crippen molar-refractivity contribution in [3.8, 4) is 0 Å². The number of aryl methyl sites for hydroxylation is 2. The third-order valence-electron chi connectivity index (χ3n) is 3.81. The third kappa shape index (κ3) is 2.58. The van der Waals surface area contributed by atoms with Crippen molar-refractivity contribution in [1.82, 2.24) is 0 Å². The minimum atomic E-state index is -0.635. The minimum Gasteiger partial charge on any atom is -0.324 e. The molecule has 1 aliphatic rings. The summed E-state index contributed by atoms with van der Waals surface area (Å²) in [5.74, 6) is -0.172. The van der Waals surface area contributed by atoms with Gasteiger partial charge in [-0.05, 0) is 48.1 Å². The highest BCUT2D eigenvalue weighted by molar-refractivity contribution is 5.95. The number of hydrogen-bond acceptors (Lipinski definition) is 2. The molecule has 0 saturated carbocycles. The molecule has 0 aliphatic heterocycles. The molecule has 1 amide bonds. The van der Waals surface area contributed by atoms with Crippen molar-refractivity contribution in [2.45, 2.75) is 25.3 Å². The number of hydrogen-bond donors (Lipinski definition) is 2. The van der Waals surface area contributed by atoms with E-state index in [1.165, 1.54) is 17.5 Å². The molecule has 0 aromatic heterocycles. The zero-order valence-corrected chi connectivity index (χ0v) is 11.3. The van der Waals surface area contributed by atoms with Crippen LogP contribution < -0.4 is 11.1 Å². The van der Waals surface area contributed by atoms with E-state index in [0.717, 1.165) is 24.1 Å². The number of nitrogens with one attached hydrogen (secondary N) is 1. The maximum Gasteiger partial charge on any atom is 0.245 e. The topological polar surface area (TPSA) is 55.1 Å². The average Bonchev–Trinajstić information content (AvgIpc) is 2.95. The molecule has 2 aromatic carbocycles. The van der Waals surface area contributed by atoms with E-state index >= 15 is 0 Å². The van der Waals surface area contributed by atoms with Crippen molar-refractivity contribution in [2.75, 3.05) is 5.32 Å². The summed E-state index contributed by atoms with van der Waals surface area (Å²) in [7, 11) is 0. The molecule has 3 heteroatoms. The summed E-state index contributed by atoms with van der Waals surface area (Å²) in [6.07, 6.45) is 3.45. The van der Waals surface area contributed by atoms with Crippen molar-refractivity contribution in [2.24, 2.45) is 5.73 Å². The fraction of sp³-hybridized carbons (Fsp3) is 0.235. The van der Waals surface area contributed by atoms with E-state index in [1.807, 2.05) is 36.4 Å². The number of benzene rings is 2. The Morgan fingerprint density at radius 1 is 1.05 bits per heavy atom. The van der Waals surface area contributed by atoms with Gasteiger partial charge in [-0.3, -0.25) is 4.79 Å². The first-order chi connectivity index (χ1) is 9.74. The zero-order chi connectivity index (χ0) is 13.9. The number of rotatable bonds is 3. The van der Waals surface area contributed by atoms with Gasteiger partial charge >= 0.3 is 0 Å². The summed E-state index contributed by atoms with van der Waals surface area (Å²) < 4.78 is 0. The number of fused-ring (bicyclic) bond motifs is 1. The Labute approximate surface area is 118 Å². The van der Waals surface area contributed by atoms with Gasteiger partial charge in [0, 0.05) is 5.69 Å². The maximum atomic E-state index is 12.2. The minimum absolute atomic E-state index is 0.172. The number of carbonyl (C=O) groups excluding carboxylic acids is 1. The van der Waals surface area contributed by atoms with E-state index in [1.54, 1.807) is 0 Å². The standard InChI is InChI=1S/C17H18N2O/c18-16(13-5-2-1-3-6-13)17(20)19-15-10-9-12-7-4-8-14(12)11-15/h1-3,5-6,9-11,16H,4,7-8,18H2,(H,19,20)/t16-/m1/s1. The number of amides is 1. The Kier molecular flexibility index (Phi) is 3.52. The van der Waals surface area contributed by atoms with Gasteiger partial charge in [-0.25, -0.2) is 0 Å². The first-order valence-corrected chi connectivity index (χ1v) is 6.97. The van der Waals surface area contributed by atoms with Crippen LogP contribution in [0.1, 0.15) is 29.2 Å². The Bertz CT molecular complexity index is 622. The fourth-order valence-electron chi connectivity index (χ4n) is 2.68. The van der Waals surface area contributed by atoms with E-state index < -0.39 is 6.04 Å². The SMILES string of the molecule is N[C@@H](C(=O)Nc1ccc2c(c1)CCC2)c1ccccc1. The predicted molar refractivity (Wildman–Crippen MR) is 80.5 cm³/mol. The average molecular weight is 266 g/mol. The van der Waals surface area contributed by atoms with Crippen molar-refractivity contribution >= 4 is 11.6 Å². The molecule has 0 radical (unpaired) electrons. The Balaban J connectivity index is 1.73. The van der Waals surface area contributed by atoms with Gasteiger partial charge in [0.25, 0.3) is 0 Å². The summed E-state index contributed by atoms with van der Waals surface area (Å²) >= 11 is 0. The molecule has 3 N–H and O–H groups in total. The third-order valence-corrected chi connectivity index (χ3v) is 3.81. The highest BCUT2D eigenvalue weighted by Gasteiger charge is 2.17. The molecule has 1 aliphatic carbocycles. The van der Waals surface area contributed by atoms with E-state index in [-0.39, 0.29) is 5.91 Å². The smallest absolute Gasteiger partial charge is 0.245 e. The highest BCUT2D eigenvalue weighted by Crippen LogP contribution is 2.25. The summed E-state index contributed by atoms with van der Waals surface area (Å²) in [6.45, 7) is 0. The molecule has 2 aromatic rings. The molecule has 0 bridgehead atoms. The van der Waals surface area contributed by atoms with E-state index in [9.17, 15) is 4.79 Å². The Hall–Kier alpha value is -2.13. The lowest BCUT2D eigenvalue weighted by Crippen LogP contribution is -2.27. The van der Waals surface area contributed by atoms with Crippen LogP contribution in [0, 0.1) is 0 Å².